The van der Waals surface area contributed by atoms with E-state index in [2.05, 4.69) is 24.1 Å². The summed E-state index contributed by atoms with van der Waals surface area (Å²) in [6.45, 7) is 7.36. The molecule has 0 aromatic heterocycles. The monoisotopic (exact) mass is 287 g/mol. The third-order valence-electron chi connectivity index (χ3n) is 3.49. The summed E-state index contributed by atoms with van der Waals surface area (Å²) >= 11 is 0. The van der Waals surface area contributed by atoms with Crippen LogP contribution in [0.3, 0.4) is 0 Å². The number of benzene rings is 1. The van der Waals surface area contributed by atoms with Crippen LogP contribution in [-0.2, 0) is 4.74 Å². The zero-order valence-electron chi connectivity index (χ0n) is 12.5. The lowest BCUT2D eigenvalue weighted by molar-refractivity contribution is -0.0672. The van der Waals surface area contributed by atoms with Crippen molar-refractivity contribution in [3.05, 3.63) is 35.4 Å². The van der Waals surface area contributed by atoms with Crippen LogP contribution < -0.4 is 5.32 Å². The molecular weight excluding hydrogens is 266 g/mol. The molecule has 1 fully saturated rings. The number of hydrogen-bond acceptors (Lipinski definition) is 4. The number of carbonyl (C=O) groups excluding carboxylic acids is 1. The number of ether oxygens (including phenoxy) is 1. The van der Waals surface area contributed by atoms with Crippen molar-refractivity contribution < 1.29 is 9.53 Å². The molecule has 1 aliphatic rings. The lowest BCUT2D eigenvalue weighted by atomic mass is 10.1. The van der Waals surface area contributed by atoms with Gasteiger partial charge >= 0.3 is 0 Å². The Kier molecular flexibility index (Phi) is 5.32. The van der Waals surface area contributed by atoms with Crippen molar-refractivity contribution in [2.45, 2.75) is 26.1 Å². The number of hydrogen-bond donors (Lipinski definition) is 1. The van der Waals surface area contributed by atoms with Crippen molar-refractivity contribution in [2.75, 3.05) is 26.2 Å². The summed E-state index contributed by atoms with van der Waals surface area (Å²) in [6, 6.07) is 8.69. The molecule has 5 nitrogen and oxygen atoms in total. The van der Waals surface area contributed by atoms with Crippen LogP contribution in [0.25, 0.3) is 0 Å². The molecular formula is C16H21N3O2. The lowest BCUT2D eigenvalue weighted by Crippen LogP contribution is -2.47. The molecule has 1 heterocycles. The predicted octanol–water partition coefficient (Wildman–Crippen LogP) is 1.40. The van der Waals surface area contributed by atoms with Crippen LogP contribution in [0.5, 0.6) is 0 Å². The molecule has 2 rings (SSSR count). The van der Waals surface area contributed by atoms with E-state index in [1.807, 2.05) is 6.07 Å². The molecule has 1 amide bonds. The molecule has 1 saturated heterocycles. The first-order valence-electron chi connectivity index (χ1n) is 7.24. The smallest absolute Gasteiger partial charge is 0.251 e. The number of rotatable bonds is 4. The molecule has 0 aliphatic carbocycles. The molecule has 21 heavy (non-hydrogen) atoms. The maximum atomic E-state index is 12.0. The number of nitrogens with zero attached hydrogens (tertiary/aromatic N) is 2. The van der Waals surface area contributed by atoms with E-state index in [1.165, 1.54) is 0 Å². The Morgan fingerprint density at radius 2 is 1.95 bits per heavy atom. The topological polar surface area (TPSA) is 65.4 Å². The summed E-state index contributed by atoms with van der Waals surface area (Å²) < 4.78 is 5.68. The third-order valence-corrected chi connectivity index (χ3v) is 3.49. The second-order valence-corrected chi connectivity index (χ2v) is 5.46. The molecule has 5 heteroatoms. The van der Waals surface area contributed by atoms with Crippen molar-refractivity contribution in [1.82, 2.24) is 10.2 Å². The van der Waals surface area contributed by atoms with Crippen molar-refractivity contribution in [2.24, 2.45) is 0 Å². The van der Waals surface area contributed by atoms with E-state index in [0.29, 0.717) is 17.7 Å². The Bertz CT molecular complexity index is 511. The molecule has 1 aliphatic heterocycles. The fourth-order valence-corrected chi connectivity index (χ4v) is 2.59. The fraction of sp³-hybridized carbons (Fsp3) is 0.500. The second-order valence-electron chi connectivity index (χ2n) is 5.46. The highest BCUT2D eigenvalue weighted by atomic mass is 16.5. The molecule has 2 atom stereocenters. The van der Waals surface area contributed by atoms with Crippen LogP contribution in [0, 0.1) is 11.3 Å². The van der Waals surface area contributed by atoms with Gasteiger partial charge < -0.3 is 10.1 Å². The molecule has 0 spiro atoms. The Hall–Kier alpha value is -1.90. The van der Waals surface area contributed by atoms with E-state index < -0.39 is 0 Å². The second kappa shape index (κ2) is 7.21. The Morgan fingerprint density at radius 1 is 1.33 bits per heavy atom. The van der Waals surface area contributed by atoms with E-state index in [4.69, 9.17) is 10.00 Å². The van der Waals surface area contributed by atoms with E-state index in [1.54, 1.807) is 24.3 Å². The van der Waals surface area contributed by atoms with E-state index >= 15 is 0 Å². The van der Waals surface area contributed by atoms with Gasteiger partial charge in [0.2, 0.25) is 0 Å². The highest BCUT2D eigenvalue weighted by Gasteiger charge is 2.21. The Morgan fingerprint density at radius 3 is 2.52 bits per heavy atom. The van der Waals surface area contributed by atoms with Gasteiger partial charge in [-0.25, -0.2) is 0 Å². The molecule has 1 aromatic carbocycles. The molecule has 0 bridgehead atoms. The van der Waals surface area contributed by atoms with Crippen LogP contribution in [0.15, 0.2) is 24.3 Å². The molecule has 0 saturated carbocycles. The molecule has 1 N–H and O–H groups in total. The summed E-state index contributed by atoms with van der Waals surface area (Å²) in [5, 5.41) is 11.6. The minimum absolute atomic E-state index is 0.103. The largest absolute Gasteiger partial charge is 0.373 e. The van der Waals surface area contributed by atoms with Crippen LogP contribution in [-0.4, -0.2) is 49.2 Å². The van der Waals surface area contributed by atoms with Gasteiger partial charge in [0.15, 0.2) is 0 Å². The van der Waals surface area contributed by atoms with E-state index in [0.717, 1.165) is 19.6 Å². The standard InChI is InChI=1S/C16H21N3O2/c1-12-10-19(11-13(2)21-12)8-7-18-16(20)15-5-3-14(9-17)4-6-15/h3-6,12-13H,7-8,10-11H2,1-2H3,(H,18,20)/t12-,13-/m0/s1. The highest BCUT2D eigenvalue weighted by molar-refractivity contribution is 5.94. The van der Waals surface area contributed by atoms with Gasteiger partial charge in [-0.05, 0) is 38.1 Å². The van der Waals surface area contributed by atoms with Crippen molar-refractivity contribution in [3.63, 3.8) is 0 Å². The molecule has 0 radical (unpaired) electrons. The van der Waals surface area contributed by atoms with E-state index in [-0.39, 0.29) is 18.1 Å². The SMILES string of the molecule is C[C@H]1CN(CCNC(=O)c2ccc(C#N)cc2)C[C@H](C)O1. The first-order valence-corrected chi connectivity index (χ1v) is 7.24. The number of carbonyl (C=O) groups is 1. The predicted molar refractivity (Wildman–Crippen MR) is 79.9 cm³/mol. The summed E-state index contributed by atoms with van der Waals surface area (Å²) in [4.78, 5) is 14.3. The van der Waals surface area contributed by atoms with Gasteiger partial charge in [0.25, 0.3) is 5.91 Å². The molecule has 0 unspecified atom stereocenters. The third kappa shape index (κ3) is 4.55. The number of amides is 1. The minimum Gasteiger partial charge on any atom is -0.373 e. The van der Waals surface area contributed by atoms with Gasteiger partial charge in [-0.2, -0.15) is 5.26 Å². The highest BCUT2D eigenvalue weighted by Crippen LogP contribution is 2.09. The maximum absolute atomic E-state index is 12.0. The zero-order valence-corrected chi connectivity index (χ0v) is 12.5. The van der Waals surface area contributed by atoms with Crippen molar-refractivity contribution in [1.29, 1.82) is 5.26 Å². The summed E-state index contributed by atoms with van der Waals surface area (Å²) in [5.74, 6) is -0.103. The van der Waals surface area contributed by atoms with Crippen molar-refractivity contribution in [3.8, 4) is 6.07 Å². The normalized spacial score (nSPS) is 22.5. The van der Waals surface area contributed by atoms with Gasteiger partial charge in [0.05, 0.1) is 23.8 Å². The van der Waals surface area contributed by atoms with Crippen LogP contribution in [0.4, 0.5) is 0 Å². The van der Waals surface area contributed by atoms with Gasteiger partial charge in [-0.3, -0.25) is 9.69 Å². The maximum Gasteiger partial charge on any atom is 0.251 e. The fourth-order valence-electron chi connectivity index (χ4n) is 2.59. The number of nitriles is 1. The summed E-state index contributed by atoms with van der Waals surface area (Å²) in [6.07, 6.45) is 0.478. The first kappa shape index (κ1) is 15.5. The average Bonchev–Trinajstić information content (AvgIpc) is 2.46. The van der Waals surface area contributed by atoms with Crippen LogP contribution in [0.1, 0.15) is 29.8 Å². The molecule has 1 aromatic rings. The van der Waals surface area contributed by atoms with Gasteiger partial charge in [-0.1, -0.05) is 0 Å². The van der Waals surface area contributed by atoms with Gasteiger partial charge in [-0.15, -0.1) is 0 Å². The Balaban J connectivity index is 1.77. The van der Waals surface area contributed by atoms with E-state index in [9.17, 15) is 4.79 Å². The quantitative estimate of drug-likeness (QED) is 0.909. The number of nitrogens with one attached hydrogen (secondary N) is 1. The molecule has 112 valence electrons. The zero-order chi connectivity index (χ0) is 15.2. The van der Waals surface area contributed by atoms with Gasteiger partial charge in [0.1, 0.15) is 0 Å². The van der Waals surface area contributed by atoms with Crippen LogP contribution >= 0.6 is 0 Å². The van der Waals surface area contributed by atoms with Crippen LogP contribution in [0.2, 0.25) is 0 Å². The van der Waals surface area contributed by atoms with Crippen molar-refractivity contribution >= 4 is 5.91 Å². The lowest BCUT2D eigenvalue weighted by Gasteiger charge is -2.35. The summed E-state index contributed by atoms with van der Waals surface area (Å²) in [5.41, 5.74) is 1.14. The van der Waals surface area contributed by atoms with Gasteiger partial charge in [0, 0.05) is 31.7 Å². The first-order chi connectivity index (χ1) is 10.1. The number of morpholine rings is 1. The summed E-state index contributed by atoms with van der Waals surface area (Å²) in [7, 11) is 0. The average molecular weight is 287 g/mol. The Labute approximate surface area is 125 Å². The minimum atomic E-state index is -0.103.